The zero-order chi connectivity index (χ0) is 14.8. The number of aryl methyl sites for hydroxylation is 1. The highest BCUT2D eigenvalue weighted by atomic mass is 15.4. The normalized spacial score (nSPS) is 19.3. The summed E-state index contributed by atoms with van der Waals surface area (Å²) < 4.78 is 1.89. The van der Waals surface area contributed by atoms with E-state index in [4.69, 9.17) is 4.98 Å². The van der Waals surface area contributed by atoms with Gasteiger partial charge in [-0.25, -0.2) is 4.52 Å². The Morgan fingerprint density at radius 1 is 1.43 bits per heavy atom. The number of nitrogens with one attached hydrogen (secondary N) is 1. The summed E-state index contributed by atoms with van der Waals surface area (Å²) in [6.07, 6.45) is 4.60. The molecular weight excluding hydrogens is 262 g/mol. The lowest BCUT2D eigenvalue weighted by Crippen LogP contribution is -2.41. The third-order valence-electron chi connectivity index (χ3n) is 4.20. The van der Waals surface area contributed by atoms with Gasteiger partial charge in [0.05, 0.1) is 0 Å². The van der Waals surface area contributed by atoms with Gasteiger partial charge in [-0.1, -0.05) is 6.07 Å². The molecule has 2 aromatic rings. The number of anilines is 1. The molecular formula is C16H25N5. The fraction of sp³-hybridized carbons (Fsp3) is 0.625. The van der Waals surface area contributed by atoms with Gasteiger partial charge in [0.1, 0.15) is 0 Å². The van der Waals surface area contributed by atoms with E-state index in [1.165, 1.54) is 18.4 Å². The zero-order valence-corrected chi connectivity index (χ0v) is 13.2. The highest BCUT2D eigenvalue weighted by molar-refractivity contribution is 5.45. The van der Waals surface area contributed by atoms with Gasteiger partial charge in [-0.05, 0) is 64.3 Å². The molecule has 1 fully saturated rings. The smallest absolute Gasteiger partial charge is 0.245 e. The third-order valence-corrected chi connectivity index (χ3v) is 4.20. The molecule has 0 spiro atoms. The van der Waals surface area contributed by atoms with Gasteiger partial charge in [0, 0.05) is 18.8 Å². The summed E-state index contributed by atoms with van der Waals surface area (Å²) in [6.45, 7) is 9.80. The standard InChI is InChI=1S/C16H25N5/c1-12(2)20(11-14-5-4-8-17-9-14)16-18-15-7-6-13(3)10-21(15)19-16/h6-7,10,12,14,17H,4-5,8-9,11H2,1-3H3. The minimum Gasteiger partial charge on any atom is -0.337 e. The zero-order valence-electron chi connectivity index (χ0n) is 13.2. The van der Waals surface area contributed by atoms with Crippen molar-refractivity contribution in [3.63, 3.8) is 0 Å². The van der Waals surface area contributed by atoms with Crippen molar-refractivity contribution in [2.45, 2.75) is 39.7 Å². The van der Waals surface area contributed by atoms with Crippen LogP contribution in [-0.2, 0) is 0 Å². The molecule has 0 saturated carbocycles. The number of hydrogen-bond acceptors (Lipinski definition) is 4. The van der Waals surface area contributed by atoms with Crippen molar-refractivity contribution in [3.05, 3.63) is 23.9 Å². The second-order valence-corrected chi connectivity index (χ2v) is 6.38. The number of rotatable bonds is 4. The molecule has 1 N–H and O–H groups in total. The molecule has 2 aromatic heterocycles. The van der Waals surface area contributed by atoms with Crippen LogP contribution in [0.15, 0.2) is 18.3 Å². The molecule has 1 atom stereocenters. The van der Waals surface area contributed by atoms with Crippen molar-refractivity contribution in [2.24, 2.45) is 5.92 Å². The first-order valence-corrected chi connectivity index (χ1v) is 7.94. The maximum atomic E-state index is 4.70. The predicted octanol–water partition coefficient (Wildman–Crippen LogP) is 2.25. The van der Waals surface area contributed by atoms with Crippen LogP contribution in [-0.4, -0.2) is 40.3 Å². The monoisotopic (exact) mass is 287 g/mol. The Hall–Kier alpha value is -1.62. The lowest BCUT2D eigenvalue weighted by Gasteiger charge is -2.32. The Kier molecular flexibility index (Phi) is 4.10. The number of pyridine rings is 1. The Labute approximate surface area is 126 Å². The molecule has 1 unspecified atom stereocenters. The van der Waals surface area contributed by atoms with Crippen molar-refractivity contribution in [1.29, 1.82) is 0 Å². The summed E-state index contributed by atoms with van der Waals surface area (Å²) >= 11 is 0. The van der Waals surface area contributed by atoms with E-state index in [2.05, 4.69) is 42.2 Å². The highest BCUT2D eigenvalue weighted by Crippen LogP contribution is 2.19. The lowest BCUT2D eigenvalue weighted by molar-refractivity contribution is 0.369. The summed E-state index contributed by atoms with van der Waals surface area (Å²) in [5.74, 6) is 1.54. The van der Waals surface area contributed by atoms with E-state index in [9.17, 15) is 0 Å². The molecule has 5 nitrogen and oxygen atoms in total. The summed E-state index contributed by atoms with van der Waals surface area (Å²) in [4.78, 5) is 7.03. The van der Waals surface area contributed by atoms with E-state index in [1.807, 2.05) is 16.8 Å². The van der Waals surface area contributed by atoms with Crippen LogP contribution in [0.25, 0.3) is 5.65 Å². The van der Waals surface area contributed by atoms with Crippen molar-refractivity contribution >= 4 is 11.6 Å². The molecule has 0 amide bonds. The van der Waals surface area contributed by atoms with E-state index in [0.717, 1.165) is 31.2 Å². The van der Waals surface area contributed by atoms with Crippen LogP contribution < -0.4 is 10.2 Å². The van der Waals surface area contributed by atoms with Crippen molar-refractivity contribution < 1.29 is 0 Å². The number of nitrogens with zero attached hydrogens (tertiary/aromatic N) is 4. The molecule has 21 heavy (non-hydrogen) atoms. The van der Waals surface area contributed by atoms with E-state index < -0.39 is 0 Å². The maximum Gasteiger partial charge on any atom is 0.245 e. The van der Waals surface area contributed by atoms with Crippen molar-refractivity contribution in [3.8, 4) is 0 Å². The minimum atomic E-state index is 0.408. The average molecular weight is 287 g/mol. The number of fused-ring (bicyclic) bond motifs is 1. The van der Waals surface area contributed by atoms with E-state index in [0.29, 0.717) is 12.0 Å². The van der Waals surface area contributed by atoms with Crippen LogP contribution in [0.3, 0.4) is 0 Å². The van der Waals surface area contributed by atoms with Gasteiger partial charge in [-0.15, -0.1) is 5.10 Å². The van der Waals surface area contributed by atoms with Crippen LogP contribution in [0.4, 0.5) is 5.95 Å². The van der Waals surface area contributed by atoms with E-state index in [1.54, 1.807) is 0 Å². The summed E-state index contributed by atoms with van der Waals surface area (Å²) in [6, 6.07) is 4.52. The molecule has 0 aromatic carbocycles. The van der Waals surface area contributed by atoms with Gasteiger partial charge < -0.3 is 10.2 Å². The Bertz CT molecular complexity index is 598. The van der Waals surface area contributed by atoms with Gasteiger partial charge >= 0.3 is 0 Å². The van der Waals surface area contributed by atoms with Crippen LogP contribution >= 0.6 is 0 Å². The fourth-order valence-corrected chi connectivity index (χ4v) is 2.98. The number of piperidine rings is 1. The molecule has 5 heteroatoms. The van der Waals surface area contributed by atoms with Gasteiger partial charge in [-0.3, -0.25) is 0 Å². The molecule has 114 valence electrons. The first kappa shape index (κ1) is 14.3. The highest BCUT2D eigenvalue weighted by Gasteiger charge is 2.22. The molecule has 1 saturated heterocycles. The van der Waals surface area contributed by atoms with Crippen molar-refractivity contribution in [1.82, 2.24) is 19.9 Å². The number of hydrogen-bond donors (Lipinski definition) is 1. The Balaban J connectivity index is 1.84. The van der Waals surface area contributed by atoms with Crippen molar-refractivity contribution in [2.75, 3.05) is 24.5 Å². The van der Waals surface area contributed by atoms with Crippen LogP contribution in [0.1, 0.15) is 32.3 Å². The number of aromatic nitrogens is 3. The minimum absolute atomic E-state index is 0.408. The van der Waals surface area contributed by atoms with Gasteiger partial charge in [0.15, 0.2) is 5.65 Å². The second-order valence-electron chi connectivity index (χ2n) is 6.38. The largest absolute Gasteiger partial charge is 0.337 e. The third kappa shape index (κ3) is 3.18. The van der Waals surface area contributed by atoms with E-state index >= 15 is 0 Å². The average Bonchev–Trinajstić information content (AvgIpc) is 2.88. The Morgan fingerprint density at radius 3 is 3.00 bits per heavy atom. The van der Waals surface area contributed by atoms with Gasteiger partial charge in [-0.2, -0.15) is 4.98 Å². The lowest BCUT2D eigenvalue weighted by atomic mass is 9.99. The quantitative estimate of drug-likeness (QED) is 0.937. The van der Waals surface area contributed by atoms with E-state index in [-0.39, 0.29) is 0 Å². The predicted molar refractivity (Wildman–Crippen MR) is 85.8 cm³/mol. The van der Waals surface area contributed by atoms with Crippen LogP contribution in [0.2, 0.25) is 0 Å². The maximum absolute atomic E-state index is 4.70. The first-order chi connectivity index (χ1) is 10.1. The molecule has 1 aliphatic heterocycles. The molecule has 0 radical (unpaired) electrons. The van der Waals surface area contributed by atoms with Crippen LogP contribution in [0.5, 0.6) is 0 Å². The Morgan fingerprint density at radius 2 is 2.29 bits per heavy atom. The second kappa shape index (κ2) is 6.02. The van der Waals surface area contributed by atoms with Gasteiger partial charge in [0.2, 0.25) is 5.95 Å². The first-order valence-electron chi connectivity index (χ1n) is 7.94. The molecule has 0 bridgehead atoms. The van der Waals surface area contributed by atoms with Crippen LogP contribution in [0, 0.1) is 12.8 Å². The topological polar surface area (TPSA) is 45.5 Å². The summed E-state index contributed by atoms with van der Waals surface area (Å²) in [5, 5.41) is 8.16. The summed E-state index contributed by atoms with van der Waals surface area (Å²) in [5.41, 5.74) is 2.12. The molecule has 1 aliphatic rings. The molecule has 0 aliphatic carbocycles. The van der Waals surface area contributed by atoms with Gasteiger partial charge in [0.25, 0.3) is 0 Å². The summed E-state index contributed by atoms with van der Waals surface area (Å²) in [7, 11) is 0. The molecule has 3 rings (SSSR count). The molecule has 3 heterocycles. The SMILES string of the molecule is Cc1ccc2nc(N(CC3CCCNC3)C(C)C)nn2c1. The fourth-order valence-electron chi connectivity index (χ4n) is 2.98.